The van der Waals surface area contributed by atoms with Gasteiger partial charge in [-0.05, 0) is 147 Å². The van der Waals surface area contributed by atoms with Crippen molar-refractivity contribution in [2.24, 2.45) is 35.0 Å². The first-order valence-corrected chi connectivity index (χ1v) is 34.6. The molecule has 6 heterocycles. The summed E-state index contributed by atoms with van der Waals surface area (Å²) in [6.45, 7) is 3.23. The molecule has 0 aliphatic carbocycles. The van der Waals surface area contributed by atoms with Gasteiger partial charge in [0.25, 0.3) is 0 Å². The summed E-state index contributed by atoms with van der Waals surface area (Å²) in [6.07, 6.45) is 7.04. The van der Waals surface area contributed by atoms with Crippen molar-refractivity contribution in [3.05, 3.63) is 177 Å². The lowest BCUT2D eigenvalue weighted by molar-refractivity contribution is -0.146. The normalized spacial score (nSPS) is 21.9. The van der Waals surface area contributed by atoms with E-state index in [1.54, 1.807) is 34.1 Å². The molecule has 96 heavy (non-hydrogen) atoms. The van der Waals surface area contributed by atoms with Crippen molar-refractivity contribution in [3.8, 4) is 0 Å². The summed E-state index contributed by atoms with van der Waals surface area (Å²) in [5.41, 5.74) is 20.6. The second-order valence-electron chi connectivity index (χ2n) is 26.2. The van der Waals surface area contributed by atoms with Gasteiger partial charge in [-0.1, -0.05) is 60.7 Å². The van der Waals surface area contributed by atoms with Crippen LogP contribution in [0.2, 0.25) is 0 Å². The number of carbonyl (C=O) groups is 5. The molecule has 7 N–H and O–H groups in total. The zero-order chi connectivity index (χ0) is 69.0. The fraction of sp³-hybridized carbons (Fsp3) is 0.500. The lowest BCUT2D eigenvalue weighted by Gasteiger charge is -2.41. The predicted molar refractivity (Wildman–Crippen MR) is 340 cm³/mol. The van der Waals surface area contributed by atoms with Crippen molar-refractivity contribution in [3.63, 3.8) is 0 Å². The molecule has 5 aromatic carbocycles. The number of benzene rings is 5. The molecule has 520 valence electrons. The van der Waals surface area contributed by atoms with Crippen molar-refractivity contribution in [2.75, 3.05) is 45.1 Å². The van der Waals surface area contributed by atoms with Crippen LogP contribution in [0, 0.1) is 70.1 Å². The first kappa shape index (κ1) is 72.9. The molecule has 5 aromatic rings. The molecule has 11 rings (SSSR count). The van der Waals surface area contributed by atoms with E-state index in [0.29, 0.717) is 108 Å². The van der Waals surface area contributed by atoms with Crippen LogP contribution in [0.25, 0.3) is 0 Å². The van der Waals surface area contributed by atoms with E-state index in [-0.39, 0.29) is 138 Å². The van der Waals surface area contributed by atoms with Gasteiger partial charge in [0.1, 0.15) is 30.3 Å². The van der Waals surface area contributed by atoms with Crippen molar-refractivity contribution in [1.29, 1.82) is 0 Å². The highest BCUT2D eigenvalue weighted by molar-refractivity contribution is 7.90. The Labute approximate surface area is 553 Å². The van der Waals surface area contributed by atoms with Gasteiger partial charge in [0.05, 0.1) is 24.7 Å². The van der Waals surface area contributed by atoms with E-state index >= 15 is 0 Å². The molecular weight excluding hydrogens is 1280 g/mol. The highest BCUT2D eigenvalue weighted by atomic mass is 32.2. The van der Waals surface area contributed by atoms with Gasteiger partial charge < -0.3 is 46.9 Å². The van der Waals surface area contributed by atoms with Gasteiger partial charge in [-0.15, -0.1) is 0 Å². The molecule has 0 radical (unpaired) electrons. The smallest absolute Gasteiger partial charge is 0.232 e. The van der Waals surface area contributed by atoms with Gasteiger partial charge in [0.2, 0.25) is 29.5 Å². The number of carbonyl (C=O) groups excluding carboxylic acids is 5. The van der Waals surface area contributed by atoms with Crippen LogP contribution in [0.15, 0.2) is 97.1 Å². The number of hydrogen-bond donors (Lipinski definition) is 4. The van der Waals surface area contributed by atoms with Crippen molar-refractivity contribution >= 4 is 39.4 Å². The first-order valence-electron chi connectivity index (χ1n) is 32.8. The molecule has 6 aliphatic heterocycles. The molecule has 9 atom stereocenters. The highest BCUT2D eigenvalue weighted by Gasteiger charge is 2.47. The molecule has 5 amide bonds. The predicted octanol–water partition coefficient (Wildman–Crippen LogP) is 8.66. The Balaban J connectivity index is 0.000000169. The molecule has 16 nitrogen and oxygen atoms in total. The number of nitrogens with two attached hydrogens (primary N) is 3. The molecule has 26 heteroatoms. The third kappa shape index (κ3) is 19.5. The standard InChI is InChI=1S/C25H28F3N3O2.C23H27F3N2O3S.C22H28F3N3O3/c26-20-12-22(28)21(27)10-16(20)11-23(29)17-8-18-6-7-19(9-17)31(18)25(33)13-24(32)30-14-15-4-2-1-3-5-15;24-19-14-21(26)20(25)12-18(19)13-22(27)17-6-9-28(10-7-17)23(29)8-11-32(30,31)15-16-4-2-1-3-5-16;23-17-11-19(25)18(24)9-13(17)10-20(26)14-7-15-1-2-16(8-14)28(15)22(30)12-21(29)27-3-5-31-6-4-27/h1-5,10,12,17-19,23H,6-9,11,13-14,29H2,(H,30,32);1-5,12,14,17,22H,6-11,13,15,27H2;9,11,14-16,20H,1-8,10,12,26H2/t17?,18-,19+,23-;22-;14?,15-,16+,20-/m111/s1. The van der Waals surface area contributed by atoms with E-state index in [2.05, 4.69) is 5.32 Å². The lowest BCUT2D eigenvalue weighted by atomic mass is 9.82. The van der Waals surface area contributed by atoms with Gasteiger partial charge >= 0.3 is 0 Å². The zero-order valence-corrected chi connectivity index (χ0v) is 54.1. The monoisotopic (exact) mass is 1370 g/mol. The number of hydrogen-bond acceptors (Lipinski definition) is 11. The topological polar surface area (TPSA) is 232 Å². The number of amides is 5. The summed E-state index contributed by atoms with van der Waals surface area (Å²) in [5, 5.41) is 2.79. The second-order valence-corrected chi connectivity index (χ2v) is 28.4. The third-order valence-electron chi connectivity index (χ3n) is 19.6. The average molecular weight is 1370 g/mol. The Hall–Kier alpha value is -7.39. The quantitative estimate of drug-likeness (QED) is 0.0327. The minimum absolute atomic E-state index is 0.00613. The largest absolute Gasteiger partial charge is 0.378 e. The Kier molecular flexibility index (Phi) is 25.2. The Morgan fingerprint density at radius 1 is 0.458 bits per heavy atom. The molecule has 0 spiro atoms. The fourth-order valence-corrected chi connectivity index (χ4v) is 15.8. The minimum Gasteiger partial charge on any atom is -0.378 e. The molecule has 2 unspecified atom stereocenters. The summed E-state index contributed by atoms with van der Waals surface area (Å²) >= 11 is 0. The SMILES string of the molecule is N[C@H](Cc1cc(F)c(F)cc1F)C1CCN(C(=O)CCS(=O)(=O)Cc2ccccc2)CC1.N[C@H](Cc1cc(F)c(F)cc1F)C1C[C@H]2CC[C@@H](C1)N2C(=O)CC(=O)N1CCOCC1.N[C@H](Cc1cc(F)c(F)cc1F)C1C[C@H]2CC[C@@H](C1)N2C(=O)CC(=O)NCc1ccccc1. The number of piperidine rings is 3. The molecule has 6 saturated heterocycles. The third-order valence-corrected chi connectivity index (χ3v) is 21.2. The van der Waals surface area contributed by atoms with E-state index in [9.17, 15) is 71.9 Å². The van der Waals surface area contributed by atoms with Gasteiger partial charge in [-0.2, -0.15) is 0 Å². The molecule has 0 saturated carbocycles. The highest BCUT2D eigenvalue weighted by Crippen LogP contribution is 2.42. The molecule has 6 fully saturated rings. The number of nitrogens with one attached hydrogen (secondary N) is 1. The number of likely N-dealkylation sites (tertiary alicyclic amines) is 1. The second kappa shape index (κ2) is 33.2. The maximum absolute atomic E-state index is 14.0. The maximum atomic E-state index is 14.0. The Morgan fingerprint density at radius 3 is 1.26 bits per heavy atom. The Morgan fingerprint density at radius 2 is 0.833 bits per heavy atom. The minimum atomic E-state index is -3.40. The summed E-state index contributed by atoms with van der Waals surface area (Å²) in [5.74, 6) is -10.7. The lowest BCUT2D eigenvalue weighted by Crippen LogP contribution is -2.51. The average Bonchev–Trinajstić information content (AvgIpc) is 1.62. The van der Waals surface area contributed by atoms with E-state index < -0.39 is 80.3 Å². The summed E-state index contributed by atoms with van der Waals surface area (Å²) < 4.78 is 152. The van der Waals surface area contributed by atoms with Crippen LogP contribution in [0.5, 0.6) is 0 Å². The number of morpholine rings is 1. The van der Waals surface area contributed by atoms with Crippen molar-refractivity contribution < 1.29 is 76.6 Å². The van der Waals surface area contributed by atoms with Crippen LogP contribution in [0.3, 0.4) is 0 Å². The van der Waals surface area contributed by atoms with Gasteiger partial charge in [-0.25, -0.2) is 47.9 Å². The van der Waals surface area contributed by atoms with Gasteiger partial charge in [0.15, 0.2) is 44.7 Å². The van der Waals surface area contributed by atoms with Crippen LogP contribution >= 0.6 is 0 Å². The van der Waals surface area contributed by atoms with E-state index in [1.165, 1.54) is 0 Å². The van der Waals surface area contributed by atoms with Gasteiger partial charge in [-0.3, -0.25) is 24.0 Å². The molecule has 4 bridgehead atoms. The van der Waals surface area contributed by atoms with Crippen molar-refractivity contribution in [1.82, 2.24) is 24.9 Å². The molecule has 0 aromatic heterocycles. The zero-order valence-electron chi connectivity index (χ0n) is 53.3. The number of sulfone groups is 1. The number of ether oxygens (including phenoxy) is 1. The number of nitrogens with zero attached hydrogens (tertiary/aromatic N) is 4. The van der Waals surface area contributed by atoms with Crippen LogP contribution in [-0.4, -0.2) is 145 Å². The van der Waals surface area contributed by atoms with Crippen LogP contribution in [0.4, 0.5) is 39.5 Å². The summed E-state index contributed by atoms with van der Waals surface area (Å²) in [4.78, 5) is 69.9. The Bertz CT molecular complexity index is 3620. The van der Waals surface area contributed by atoms with Crippen LogP contribution in [0.1, 0.15) is 111 Å². The van der Waals surface area contributed by atoms with E-state index in [1.807, 2.05) is 46.2 Å². The van der Waals surface area contributed by atoms with Crippen LogP contribution in [-0.2, 0) is 70.1 Å². The molecular formula is C70H83F9N8O8S. The summed E-state index contributed by atoms with van der Waals surface area (Å²) in [6, 6.07) is 21.2. The van der Waals surface area contributed by atoms with Gasteiger partial charge in [0, 0.05) is 99.6 Å². The number of fused-ring (bicyclic) bond motifs is 4. The number of rotatable bonds is 20. The molecule has 6 aliphatic rings. The van der Waals surface area contributed by atoms with E-state index in [4.69, 9.17) is 21.9 Å². The summed E-state index contributed by atoms with van der Waals surface area (Å²) in [7, 11) is -3.40. The van der Waals surface area contributed by atoms with Crippen LogP contribution < -0.4 is 22.5 Å². The maximum Gasteiger partial charge on any atom is 0.232 e. The van der Waals surface area contributed by atoms with E-state index in [0.717, 1.165) is 49.4 Å². The first-order chi connectivity index (χ1) is 45.8. The number of halogens is 9. The fourth-order valence-electron chi connectivity index (χ4n) is 14.5. The van der Waals surface area contributed by atoms with Crippen molar-refractivity contribution in [2.45, 2.75) is 157 Å².